The fourth-order valence-corrected chi connectivity index (χ4v) is 5.08. The lowest BCUT2D eigenvalue weighted by atomic mass is 10.1. The molecule has 9 heteroatoms. The van der Waals surface area contributed by atoms with Crippen LogP contribution in [0.4, 0.5) is 5.69 Å². The van der Waals surface area contributed by atoms with E-state index in [4.69, 9.17) is 16.3 Å². The number of aromatic nitrogens is 1. The zero-order chi connectivity index (χ0) is 23.9. The largest absolute Gasteiger partial charge is 0.492 e. The third-order valence-electron chi connectivity index (χ3n) is 4.77. The van der Waals surface area contributed by atoms with Crippen LogP contribution in [0.1, 0.15) is 15.9 Å². The summed E-state index contributed by atoms with van der Waals surface area (Å²) in [6.45, 7) is 2.76. The number of aryl methyl sites for hydroxylation is 1. The average molecular weight is 512 g/mol. The van der Waals surface area contributed by atoms with Crippen molar-refractivity contribution in [2.45, 2.75) is 11.3 Å². The van der Waals surface area contributed by atoms with Crippen molar-refractivity contribution in [2.24, 2.45) is 0 Å². The number of hydrogen-bond acceptors (Lipinski definition) is 6. The molecule has 0 atom stereocenters. The number of thioether (sulfide) groups is 1. The van der Waals surface area contributed by atoms with Crippen molar-refractivity contribution in [3.8, 4) is 5.75 Å². The van der Waals surface area contributed by atoms with Crippen molar-refractivity contribution >= 4 is 62.4 Å². The first-order valence-electron chi connectivity index (χ1n) is 10.5. The monoisotopic (exact) mass is 511 g/mol. The minimum atomic E-state index is -0.157. The van der Waals surface area contributed by atoms with E-state index in [9.17, 15) is 9.59 Å². The molecule has 0 bridgehead atoms. The van der Waals surface area contributed by atoms with E-state index in [1.807, 2.05) is 37.3 Å². The Morgan fingerprint density at radius 3 is 2.59 bits per heavy atom. The molecule has 174 valence electrons. The Labute approximate surface area is 210 Å². The minimum Gasteiger partial charge on any atom is -0.492 e. The first kappa shape index (κ1) is 24.1. The number of nitrogens with one attached hydrogen (secondary N) is 2. The highest BCUT2D eigenvalue weighted by Gasteiger charge is 2.10. The molecule has 0 radical (unpaired) electrons. The molecule has 4 aromatic rings. The van der Waals surface area contributed by atoms with Gasteiger partial charge < -0.3 is 15.4 Å². The number of fused-ring (bicyclic) bond motifs is 1. The second-order valence-corrected chi connectivity index (χ2v) is 10.1. The van der Waals surface area contributed by atoms with Crippen LogP contribution in [0.3, 0.4) is 0 Å². The summed E-state index contributed by atoms with van der Waals surface area (Å²) in [7, 11) is 0. The van der Waals surface area contributed by atoms with Gasteiger partial charge in [-0.15, -0.1) is 11.3 Å². The predicted molar refractivity (Wildman–Crippen MR) is 139 cm³/mol. The Morgan fingerprint density at radius 1 is 1.06 bits per heavy atom. The van der Waals surface area contributed by atoms with Crippen LogP contribution in [0, 0.1) is 6.92 Å². The van der Waals surface area contributed by atoms with Gasteiger partial charge in [-0.2, -0.15) is 0 Å². The van der Waals surface area contributed by atoms with Crippen LogP contribution in [-0.2, 0) is 4.79 Å². The Kier molecular flexibility index (Phi) is 8.05. The highest BCUT2D eigenvalue weighted by Crippen LogP contribution is 2.31. The van der Waals surface area contributed by atoms with Gasteiger partial charge in [-0.1, -0.05) is 41.1 Å². The summed E-state index contributed by atoms with van der Waals surface area (Å²) < 4.78 is 7.31. The highest BCUT2D eigenvalue weighted by molar-refractivity contribution is 8.01. The van der Waals surface area contributed by atoms with E-state index >= 15 is 0 Å². The maximum absolute atomic E-state index is 12.5. The van der Waals surface area contributed by atoms with Gasteiger partial charge >= 0.3 is 0 Å². The number of carbonyl (C=O) groups is 2. The zero-order valence-electron chi connectivity index (χ0n) is 18.3. The van der Waals surface area contributed by atoms with Crippen molar-refractivity contribution in [1.82, 2.24) is 10.3 Å². The van der Waals surface area contributed by atoms with Gasteiger partial charge in [0.25, 0.3) is 5.91 Å². The number of rotatable bonds is 9. The van der Waals surface area contributed by atoms with E-state index in [0.717, 1.165) is 20.1 Å². The number of ether oxygens (including phenoxy) is 1. The second-order valence-electron chi connectivity index (χ2n) is 7.42. The fourth-order valence-electron chi connectivity index (χ4n) is 3.02. The Hall–Kier alpha value is -3.07. The lowest BCUT2D eigenvalue weighted by Gasteiger charge is -2.07. The molecule has 4 rings (SSSR count). The number of amides is 2. The van der Waals surface area contributed by atoms with E-state index < -0.39 is 0 Å². The van der Waals surface area contributed by atoms with E-state index in [2.05, 4.69) is 15.6 Å². The predicted octanol–water partition coefficient (Wildman–Crippen LogP) is 5.80. The van der Waals surface area contributed by atoms with E-state index in [1.165, 1.54) is 23.1 Å². The summed E-state index contributed by atoms with van der Waals surface area (Å²) in [4.78, 5) is 29.2. The summed E-state index contributed by atoms with van der Waals surface area (Å²) >= 11 is 8.72. The number of thiazole rings is 1. The molecule has 0 saturated heterocycles. The molecule has 1 aromatic heterocycles. The molecule has 0 saturated carbocycles. The molecule has 0 aliphatic rings. The molecule has 0 fully saturated rings. The zero-order valence-corrected chi connectivity index (χ0v) is 20.7. The lowest BCUT2D eigenvalue weighted by molar-refractivity contribution is -0.118. The van der Waals surface area contributed by atoms with Crippen LogP contribution in [0.5, 0.6) is 5.75 Å². The van der Waals surface area contributed by atoms with E-state index in [-0.39, 0.29) is 17.6 Å². The molecular weight excluding hydrogens is 490 g/mol. The fraction of sp³-hybridized carbons (Fsp3) is 0.160. The van der Waals surface area contributed by atoms with E-state index in [1.54, 1.807) is 36.4 Å². The molecule has 0 unspecified atom stereocenters. The molecule has 2 amide bonds. The summed E-state index contributed by atoms with van der Waals surface area (Å²) in [6.07, 6.45) is 0. The summed E-state index contributed by atoms with van der Waals surface area (Å²) in [5, 5.41) is 6.41. The van der Waals surface area contributed by atoms with Gasteiger partial charge in [-0.3, -0.25) is 9.59 Å². The number of benzene rings is 3. The van der Waals surface area contributed by atoms with Crippen molar-refractivity contribution < 1.29 is 14.3 Å². The van der Waals surface area contributed by atoms with Crippen molar-refractivity contribution in [2.75, 3.05) is 24.2 Å². The first-order valence-corrected chi connectivity index (χ1v) is 12.7. The Balaban J connectivity index is 1.24. The molecule has 1 heterocycles. The molecule has 2 N–H and O–H groups in total. The van der Waals surface area contributed by atoms with Crippen LogP contribution in [0.25, 0.3) is 10.2 Å². The topological polar surface area (TPSA) is 80.3 Å². The van der Waals surface area contributed by atoms with Crippen molar-refractivity contribution in [3.05, 3.63) is 82.9 Å². The van der Waals surface area contributed by atoms with Crippen LogP contribution >= 0.6 is 34.7 Å². The Morgan fingerprint density at radius 2 is 1.82 bits per heavy atom. The summed E-state index contributed by atoms with van der Waals surface area (Å²) in [5.41, 5.74) is 3.25. The van der Waals surface area contributed by atoms with E-state index in [0.29, 0.717) is 35.2 Å². The van der Waals surface area contributed by atoms with Gasteiger partial charge in [0.05, 0.1) is 22.5 Å². The van der Waals surface area contributed by atoms with Gasteiger partial charge in [-0.05, 0) is 61.5 Å². The minimum absolute atomic E-state index is 0.0880. The number of nitrogens with zero attached hydrogens (tertiary/aromatic N) is 1. The third-order valence-corrected chi connectivity index (χ3v) is 7.19. The number of anilines is 1. The highest BCUT2D eigenvalue weighted by atomic mass is 35.5. The average Bonchev–Trinajstić information content (AvgIpc) is 3.24. The maximum Gasteiger partial charge on any atom is 0.255 e. The molecular formula is C25H22ClN3O3S2. The van der Waals surface area contributed by atoms with Crippen LogP contribution in [0.2, 0.25) is 5.02 Å². The third kappa shape index (κ3) is 6.72. The first-order chi connectivity index (χ1) is 16.5. The standard InChI is InChI=1S/C25H22ClN3O3S2/c1-16-2-4-17(5-3-16)24(31)28-19-8-11-21-22(14-19)34-25(29-21)33-15-23(30)27-12-13-32-20-9-6-18(26)7-10-20/h2-11,14H,12-13,15H2,1H3,(H,27,30)(H,28,31). The summed E-state index contributed by atoms with van der Waals surface area (Å²) in [6, 6.07) is 20.1. The maximum atomic E-state index is 12.5. The van der Waals surface area contributed by atoms with Crippen LogP contribution < -0.4 is 15.4 Å². The van der Waals surface area contributed by atoms with Gasteiger partial charge in [0, 0.05) is 16.3 Å². The number of halogens is 1. The number of hydrogen-bond donors (Lipinski definition) is 2. The summed E-state index contributed by atoms with van der Waals surface area (Å²) in [5.74, 6) is 0.722. The normalized spacial score (nSPS) is 10.8. The molecule has 0 spiro atoms. The quantitative estimate of drug-likeness (QED) is 0.219. The van der Waals surface area contributed by atoms with Gasteiger partial charge in [0.2, 0.25) is 5.91 Å². The molecule has 0 aliphatic heterocycles. The molecule has 34 heavy (non-hydrogen) atoms. The smallest absolute Gasteiger partial charge is 0.255 e. The number of carbonyl (C=O) groups excluding carboxylic acids is 2. The molecule has 3 aromatic carbocycles. The Bertz CT molecular complexity index is 1290. The SMILES string of the molecule is Cc1ccc(C(=O)Nc2ccc3nc(SCC(=O)NCCOc4ccc(Cl)cc4)sc3c2)cc1. The van der Waals surface area contributed by atoms with Gasteiger partial charge in [0.15, 0.2) is 4.34 Å². The second kappa shape index (κ2) is 11.4. The lowest BCUT2D eigenvalue weighted by Crippen LogP contribution is -2.29. The molecule has 6 nitrogen and oxygen atoms in total. The van der Waals surface area contributed by atoms with Crippen molar-refractivity contribution in [3.63, 3.8) is 0 Å². The van der Waals surface area contributed by atoms with Gasteiger partial charge in [0.1, 0.15) is 12.4 Å². The van der Waals surface area contributed by atoms with Gasteiger partial charge in [-0.25, -0.2) is 4.98 Å². The van der Waals surface area contributed by atoms with Crippen molar-refractivity contribution in [1.29, 1.82) is 0 Å². The molecule has 0 aliphatic carbocycles. The van der Waals surface area contributed by atoms with Crippen LogP contribution in [-0.4, -0.2) is 35.7 Å². The van der Waals surface area contributed by atoms with Crippen LogP contribution in [0.15, 0.2) is 71.1 Å².